The van der Waals surface area contributed by atoms with E-state index in [1.54, 1.807) is 18.2 Å². The molecular weight excluding hydrogens is 412 g/mol. The molecule has 1 aliphatic rings. The Hall–Kier alpha value is -2.79. The number of carbonyl (C=O) groups excluding carboxylic acids is 1. The first kappa shape index (κ1) is 20.9. The quantitative estimate of drug-likeness (QED) is 0.424. The first-order valence-electron chi connectivity index (χ1n) is 9.16. The number of anilines is 2. The molecule has 0 aliphatic carbocycles. The highest BCUT2D eigenvalue weighted by atomic mass is 32.2. The van der Waals surface area contributed by atoms with Gasteiger partial charge in [0.25, 0.3) is 10.0 Å². The third-order valence-corrected chi connectivity index (χ3v) is 5.87. The van der Waals surface area contributed by atoms with Gasteiger partial charge >= 0.3 is 0 Å². The zero-order valence-corrected chi connectivity index (χ0v) is 17.3. The Morgan fingerprint density at radius 3 is 2.55 bits per heavy atom. The van der Waals surface area contributed by atoms with Crippen LogP contribution in [0.4, 0.5) is 11.6 Å². The number of amides is 1. The predicted octanol–water partition coefficient (Wildman–Crippen LogP) is 1.58. The van der Waals surface area contributed by atoms with Crippen molar-refractivity contribution in [2.45, 2.75) is 24.2 Å². The number of nitrogens with zero attached hydrogens (tertiary/aromatic N) is 3. The lowest BCUT2D eigenvalue weighted by molar-refractivity contribution is -0.127. The summed E-state index contributed by atoms with van der Waals surface area (Å²) in [6.07, 6.45) is 5.29. The highest BCUT2D eigenvalue weighted by Gasteiger charge is 2.19. The van der Waals surface area contributed by atoms with E-state index in [0.717, 1.165) is 25.9 Å². The van der Waals surface area contributed by atoms with E-state index < -0.39 is 10.0 Å². The van der Waals surface area contributed by atoms with Crippen molar-refractivity contribution in [2.24, 2.45) is 0 Å². The monoisotopic (exact) mass is 434 g/mol. The Kier molecular flexibility index (Phi) is 6.94. The van der Waals surface area contributed by atoms with Crippen molar-refractivity contribution in [3.63, 3.8) is 0 Å². The number of likely N-dealkylation sites (tertiary alicyclic amines) is 1. The van der Waals surface area contributed by atoms with Gasteiger partial charge in [0.05, 0.1) is 4.90 Å². The second-order valence-electron chi connectivity index (χ2n) is 6.42. The van der Waals surface area contributed by atoms with E-state index in [1.165, 1.54) is 24.5 Å². The van der Waals surface area contributed by atoms with Gasteiger partial charge < -0.3 is 15.5 Å². The Labute approximate surface area is 175 Å². The lowest BCUT2D eigenvalue weighted by atomic mass is 10.3. The number of nitrogens with one attached hydrogen (secondary N) is 3. The van der Waals surface area contributed by atoms with Gasteiger partial charge in [-0.1, -0.05) is 0 Å². The third kappa shape index (κ3) is 6.09. The summed E-state index contributed by atoms with van der Waals surface area (Å²) in [5.74, 6) is 0.227. The summed E-state index contributed by atoms with van der Waals surface area (Å²) in [6.45, 7) is 2.20. The molecule has 1 saturated heterocycles. The fraction of sp³-hybridized carbons (Fsp3) is 0.333. The van der Waals surface area contributed by atoms with Gasteiger partial charge in [-0.3, -0.25) is 4.79 Å². The summed E-state index contributed by atoms with van der Waals surface area (Å²) in [4.78, 5) is 21.2. The number of sulfonamides is 1. The van der Waals surface area contributed by atoms with Crippen molar-refractivity contribution in [3.05, 3.63) is 42.7 Å². The van der Waals surface area contributed by atoms with Crippen LogP contribution in [0.3, 0.4) is 0 Å². The highest BCUT2D eigenvalue weighted by Crippen LogP contribution is 2.16. The van der Waals surface area contributed by atoms with Crippen LogP contribution in [0, 0.1) is 0 Å². The molecule has 11 heteroatoms. The molecule has 0 unspecified atom stereocenters. The van der Waals surface area contributed by atoms with E-state index in [-0.39, 0.29) is 16.8 Å². The summed E-state index contributed by atoms with van der Waals surface area (Å²) in [7, 11) is -3.77. The second-order valence-corrected chi connectivity index (χ2v) is 8.51. The van der Waals surface area contributed by atoms with Gasteiger partial charge in [-0.2, -0.15) is 0 Å². The van der Waals surface area contributed by atoms with Gasteiger partial charge in [-0.15, -0.1) is 0 Å². The van der Waals surface area contributed by atoms with Crippen LogP contribution in [0.2, 0.25) is 0 Å². The molecule has 9 nitrogen and oxygen atoms in total. The Morgan fingerprint density at radius 2 is 1.90 bits per heavy atom. The average Bonchev–Trinajstić information content (AvgIpc) is 3.11. The van der Waals surface area contributed by atoms with Crippen molar-refractivity contribution in [1.29, 1.82) is 0 Å². The fourth-order valence-electron chi connectivity index (χ4n) is 2.84. The van der Waals surface area contributed by atoms with Crippen LogP contribution in [-0.4, -0.2) is 53.9 Å². The highest BCUT2D eigenvalue weighted by molar-refractivity contribution is 7.92. The Morgan fingerprint density at radius 1 is 1.17 bits per heavy atom. The Balaban J connectivity index is 1.45. The van der Waals surface area contributed by atoms with Gasteiger partial charge in [0.15, 0.2) is 5.11 Å². The molecule has 3 rings (SSSR count). The molecule has 0 spiro atoms. The first-order valence-corrected chi connectivity index (χ1v) is 11.1. The molecule has 0 bridgehead atoms. The van der Waals surface area contributed by atoms with Crippen molar-refractivity contribution in [1.82, 2.24) is 20.2 Å². The zero-order chi connectivity index (χ0) is 20.7. The molecule has 0 atom stereocenters. The minimum atomic E-state index is -3.77. The normalized spacial score (nSPS) is 13.9. The van der Waals surface area contributed by atoms with Gasteiger partial charge in [-0.05, 0) is 55.4 Å². The van der Waals surface area contributed by atoms with E-state index in [0.29, 0.717) is 23.8 Å². The van der Waals surface area contributed by atoms with Crippen LogP contribution in [0.15, 0.2) is 47.6 Å². The number of hydrogen-bond donors (Lipinski definition) is 3. The van der Waals surface area contributed by atoms with Gasteiger partial charge in [-0.25, -0.2) is 23.1 Å². The van der Waals surface area contributed by atoms with Gasteiger partial charge in [0.2, 0.25) is 11.9 Å². The molecule has 1 amide bonds. The number of aromatic nitrogens is 2. The van der Waals surface area contributed by atoms with Crippen LogP contribution in [-0.2, 0) is 14.8 Å². The maximum Gasteiger partial charge on any atom is 0.264 e. The van der Waals surface area contributed by atoms with Gasteiger partial charge in [0.1, 0.15) is 0 Å². The number of hydrogen-bond acceptors (Lipinski definition) is 6. The third-order valence-electron chi connectivity index (χ3n) is 4.28. The van der Waals surface area contributed by atoms with Crippen LogP contribution < -0.4 is 15.4 Å². The maximum atomic E-state index is 12.4. The second kappa shape index (κ2) is 9.61. The van der Waals surface area contributed by atoms with Crippen molar-refractivity contribution in [3.8, 4) is 0 Å². The largest absolute Gasteiger partial charge is 0.362 e. The first-order chi connectivity index (χ1) is 13.9. The average molecular weight is 435 g/mol. The summed E-state index contributed by atoms with van der Waals surface area (Å²) in [5.41, 5.74) is 0.659. The van der Waals surface area contributed by atoms with E-state index in [9.17, 15) is 13.2 Å². The molecule has 3 N–H and O–H groups in total. The lowest BCUT2D eigenvalue weighted by Crippen LogP contribution is -2.32. The minimum absolute atomic E-state index is 0.00992. The number of benzene rings is 1. The molecule has 2 heterocycles. The summed E-state index contributed by atoms with van der Waals surface area (Å²) in [6, 6.07) is 7.78. The molecule has 1 aliphatic heterocycles. The van der Waals surface area contributed by atoms with Crippen LogP contribution in [0.5, 0.6) is 0 Å². The molecule has 0 saturated carbocycles. The molecule has 1 aromatic heterocycles. The predicted molar refractivity (Wildman–Crippen MR) is 114 cm³/mol. The lowest BCUT2D eigenvalue weighted by Gasteiger charge is -2.16. The summed E-state index contributed by atoms with van der Waals surface area (Å²) < 4.78 is 27.0. The molecule has 1 aromatic carbocycles. The Bertz CT molecular complexity index is 951. The zero-order valence-electron chi connectivity index (χ0n) is 15.7. The number of carbonyl (C=O) groups is 1. The van der Waals surface area contributed by atoms with Crippen molar-refractivity contribution < 1.29 is 13.2 Å². The smallest absolute Gasteiger partial charge is 0.264 e. The molecule has 154 valence electrons. The van der Waals surface area contributed by atoms with Gasteiger partial charge in [0, 0.05) is 44.1 Å². The molecule has 29 heavy (non-hydrogen) atoms. The molecule has 1 fully saturated rings. The SMILES string of the molecule is O=C1CCCN1CCCNC(=S)Nc1ccc(S(=O)(=O)Nc2ncccn2)cc1. The van der Waals surface area contributed by atoms with Crippen molar-refractivity contribution >= 4 is 44.9 Å². The van der Waals surface area contributed by atoms with Crippen molar-refractivity contribution in [2.75, 3.05) is 29.7 Å². The van der Waals surface area contributed by atoms with Crippen LogP contribution in [0.25, 0.3) is 0 Å². The summed E-state index contributed by atoms with van der Waals surface area (Å²) in [5, 5.41) is 6.52. The number of thiocarbonyl (C=S) groups is 1. The maximum absolute atomic E-state index is 12.4. The molecular formula is C18H22N6O3S2. The van der Waals surface area contributed by atoms with Crippen LogP contribution in [0.1, 0.15) is 19.3 Å². The number of rotatable bonds is 8. The van der Waals surface area contributed by atoms with E-state index in [4.69, 9.17) is 12.2 Å². The van der Waals surface area contributed by atoms with Crippen LogP contribution >= 0.6 is 12.2 Å². The minimum Gasteiger partial charge on any atom is -0.362 e. The van der Waals surface area contributed by atoms with E-state index >= 15 is 0 Å². The molecule has 2 aromatic rings. The molecule has 0 radical (unpaired) electrons. The summed E-state index contributed by atoms with van der Waals surface area (Å²) >= 11 is 5.25. The topological polar surface area (TPSA) is 116 Å². The van der Waals surface area contributed by atoms with E-state index in [1.807, 2.05) is 4.90 Å². The van der Waals surface area contributed by atoms with E-state index in [2.05, 4.69) is 25.3 Å². The fourth-order valence-corrected chi connectivity index (χ4v) is 4.01. The standard InChI is InChI=1S/C18H22N6O3S2/c25-16-4-1-12-24(16)13-3-11-21-18(28)22-14-5-7-15(8-6-14)29(26,27)23-17-19-9-2-10-20-17/h2,5-10H,1,3-4,11-13H2,(H,19,20,23)(H2,21,22,28).